The number of halogens is 1. The van der Waals surface area contributed by atoms with E-state index in [-0.39, 0.29) is 24.4 Å². The number of nitrogens with zero attached hydrogens (tertiary/aromatic N) is 4. The lowest BCUT2D eigenvalue weighted by Crippen LogP contribution is -2.50. The number of ether oxygens (including phenoxy) is 1. The first kappa shape index (κ1) is 19.4. The van der Waals surface area contributed by atoms with Crippen molar-refractivity contribution in [2.75, 3.05) is 26.8 Å². The van der Waals surface area contributed by atoms with Crippen molar-refractivity contribution >= 4 is 5.91 Å². The van der Waals surface area contributed by atoms with E-state index in [1.54, 1.807) is 24.7 Å². The van der Waals surface area contributed by atoms with E-state index in [0.717, 1.165) is 24.9 Å². The Morgan fingerprint density at radius 1 is 1.33 bits per heavy atom. The molecule has 1 fully saturated rings. The molecular weight excluding hydrogens is 347 g/mol. The zero-order valence-corrected chi connectivity index (χ0v) is 15.6. The molecule has 144 valence electrons. The third-order valence-electron chi connectivity index (χ3n) is 4.84. The molecule has 1 amide bonds. The zero-order chi connectivity index (χ0) is 19.1. The van der Waals surface area contributed by atoms with E-state index in [9.17, 15) is 9.18 Å². The maximum atomic E-state index is 13.9. The van der Waals surface area contributed by atoms with Gasteiger partial charge in [-0.15, -0.1) is 0 Å². The maximum absolute atomic E-state index is 13.9. The van der Waals surface area contributed by atoms with Crippen LogP contribution in [0.1, 0.15) is 24.0 Å². The van der Waals surface area contributed by atoms with E-state index in [0.29, 0.717) is 25.2 Å². The van der Waals surface area contributed by atoms with Crippen molar-refractivity contribution in [3.8, 4) is 0 Å². The molecule has 3 rings (SSSR count). The number of likely N-dealkylation sites (tertiary alicyclic amines) is 1. The Kier molecular flexibility index (Phi) is 6.84. The van der Waals surface area contributed by atoms with Crippen molar-refractivity contribution in [2.24, 2.45) is 0 Å². The summed E-state index contributed by atoms with van der Waals surface area (Å²) in [5.74, 6) is -0.328. The van der Waals surface area contributed by atoms with E-state index >= 15 is 0 Å². The number of aromatic nitrogens is 2. The highest BCUT2D eigenvalue weighted by molar-refractivity contribution is 5.77. The van der Waals surface area contributed by atoms with Crippen molar-refractivity contribution < 1.29 is 13.9 Å². The van der Waals surface area contributed by atoms with Crippen LogP contribution in [0.25, 0.3) is 0 Å². The van der Waals surface area contributed by atoms with E-state index in [1.165, 1.54) is 13.3 Å². The molecule has 1 saturated heterocycles. The Balaban J connectivity index is 1.71. The first-order valence-electron chi connectivity index (χ1n) is 9.15. The van der Waals surface area contributed by atoms with Crippen LogP contribution in [0.2, 0.25) is 0 Å². The summed E-state index contributed by atoms with van der Waals surface area (Å²) in [5, 5.41) is 0. The molecule has 0 radical (unpaired) electrons. The summed E-state index contributed by atoms with van der Waals surface area (Å²) in [5.41, 5.74) is 1.62. The second kappa shape index (κ2) is 9.53. The molecule has 7 heteroatoms. The van der Waals surface area contributed by atoms with Crippen molar-refractivity contribution in [1.29, 1.82) is 0 Å². The molecular formula is C20H25FN4O2. The molecule has 2 aromatic rings. The number of methoxy groups -OCH3 is 1. The number of amides is 1. The highest BCUT2D eigenvalue weighted by Crippen LogP contribution is 2.21. The molecule has 0 N–H and O–H groups in total. The number of carbonyl (C=O) groups is 1. The lowest BCUT2D eigenvalue weighted by molar-refractivity contribution is -0.139. The Morgan fingerprint density at radius 3 is 2.93 bits per heavy atom. The SMILES string of the molecule is COCC(=O)N(Cc1cccnc1)C1CCCN(Cc2ccncc2F)C1. The lowest BCUT2D eigenvalue weighted by Gasteiger charge is -2.39. The number of rotatable bonds is 7. The average Bonchev–Trinajstić information content (AvgIpc) is 2.69. The third-order valence-corrected chi connectivity index (χ3v) is 4.84. The number of hydrogen-bond acceptors (Lipinski definition) is 5. The summed E-state index contributed by atoms with van der Waals surface area (Å²) in [6.45, 7) is 2.66. The average molecular weight is 372 g/mol. The smallest absolute Gasteiger partial charge is 0.249 e. The van der Waals surface area contributed by atoms with Gasteiger partial charge in [0, 0.05) is 56.9 Å². The van der Waals surface area contributed by atoms with E-state index in [1.807, 2.05) is 17.0 Å². The van der Waals surface area contributed by atoms with Crippen LogP contribution in [-0.2, 0) is 22.6 Å². The fourth-order valence-electron chi connectivity index (χ4n) is 3.52. The molecule has 0 bridgehead atoms. The first-order chi connectivity index (χ1) is 13.2. The fourth-order valence-corrected chi connectivity index (χ4v) is 3.52. The van der Waals surface area contributed by atoms with Gasteiger partial charge >= 0.3 is 0 Å². The molecule has 1 atom stereocenters. The lowest BCUT2D eigenvalue weighted by atomic mass is 10.0. The van der Waals surface area contributed by atoms with E-state index < -0.39 is 0 Å². The maximum Gasteiger partial charge on any atom is 0.249 e. The molecule has 0 saturated carbocycles. The topological polar surface area (TPSA) is 58.6 Å². The van der Waals surface area contributed by atoms with Crippen LogP contribution in [0.5, 0.6) is 0 Å². The predicted molar refractivity (Wildman–Crippen MR) is 99.2 cm³/mol. The molecule has 0 spiro atoms. The normalized spacial score (nSPS) is 17.6. The highest BCUT2D eigenvalue weighted by atomic mass is 19.1. The predicted octanol–water partition coefficient (Wildman–Crippen LogP) is 2.26. The van der Waals surface area contributed by atoms with Crippen LogP contribution in [0.4, 0.5) is 4.39 Å². The second-order valence-corrected chi connectivity index (χ2v) is 6.81. The summed E-state index contributed by atoms with van der Waals surface area (Å²) in [7, 11) is 1.53. The van der Waals surface area contributed by atoms with Gasteiger partial charge in [-0.25, -0.2) is 4.39 Å². The second-order valence-electron chi connectivity index (χ2n) is 6.81. The van der Waals surface area contributed by atoms with Gasteiger partial charge in [0.2, 0.25) is 5.91 Å². The zero-order valence-electron chi connectivity index (χ0n) is 15.6. The summed E-state index contributed by atoms with van der Waals surface area (Å²) >= 11 is 0. The van der Waals surface area contributed by atoms with Crippen molar-refractivity contribution in [1.82, 2.24) is 19.8 Å². The van der Waals surface area contributed by atoms with Gasteiger partial charge in [0.05, 0.1) is 6.20 Å². The molecule has 1 aliphatic rings. The molecule has 0 aromatic carbocycles. The third kappa shape index (κ3) is 5.30. The molecule has 0 aliphatic carbocycles. The van der Waals surface area contributed by atoms with Crippen LogP contribution in [0, 0.1) is 5.82 Å². The van der Waals surface area contributed by atoms with Crippen LogP contribution >= 0.6 is 0 Å². The highest BCUT2D eigenvalue weighted by Gasteiger charge is 2.29. The van der Waals surface area contributed by atoms with Crippen LogP contribution in [0.15, 0.2) is 43.0 Å². The molecule has 6 nitrogen and oxygen atoms in total. The van der Waals surface area contributed by atoms with Gasteiger partial charge < -0.3 is 9.64 Å². The number of hydrogen-bond donors (Lipinski definition) is 0. The van der Waals surface area contributed by atoms with Gasteiger partial charge in [-0.2, -0.15) is 0 Å². The van der Waals surface area contributed by atoms with Gasteiger partial charge in [-0.05, 0) is 37.1 Å². The van der Waals surface area contributed by atoms with E-state index in [4.69, 9.17) is 4.74 Å². The summed E-state index contributed by atoms with van der Waals surface area (Å²) in [6, 6.07) is 5.61. The number of pyridine rings is 2. The minimum absolute atomic E-state index is 0.0386. The van der Waals surface area contributed by atoms with Crippen molar-refractivity contribution in [3.63, 3.8) is 0 Å². The van der Waals surface area contributed by atoms with Gasteiger partial charge in [0.25, 0.3) is 0 Å². The molecule has 3 heterocycles. The minimum atomic E-state index is -0.290. The van der Waals surface area contributed by atoms with Gasteiger partial charge in [0.15, 0.2) is 0 Å². The fraction of sp³-hybridized carbons (Fsp3) is 0.450. The van der Waals surface area contributed by atoms with Crippen LogP contribution in [-0.4, -0.2) is 58.5 Å². The molecule has 2 aromatic heterocycles. The quantitative estimate of drug-likeness (QED) is 0.746. The Morgan fingerprint density at radius 2 is 2.19 bits per heavy atom. The summed E-state index contributed by atoms with van der Waals surface area (Å²) in [4.78, 5) is 24.7. The van der Waals surface area contributed by atoms with Gasteiger partial charge in [-0.1, -0.05) is 6.07 Å². The molecule has 1 aliphatic heterocycles. The van der Waals surface area contributed by atoms with E-state index in [2.05, 4.69) is 14.9 Å². The van der Waals surface area contributed by atoms with Crippen LogP contribution in [0.3, 0.4) is 0 Å². The Labute approximate surface area is 159 Å². The van der Waals surface area contributed by atoms with Crippen molar-refractivity contribution in [3.05, 3.63) is 59.9 Å². The Bertz CT molecular complexity index is 744. The van der Waals surface area contributed by atoms with Gasteiger partial charge in [0.1, 0.15) is 12.4 Å². The monoisotopic (exact) mass is 372 g/mol. The van der Waals surface area contributed by atoms with Gasteiger partial charge in [-0.3, -0.25) is 19.7 Å². The Hall–Kier alpha value is -2.38. The molecule has 1 unspecified atom stereocenters. The van der Waals surface area contributed by atoms with Crippen molar-refractivity contribution in [2.45, 2.75) is 32.0 Å². The number of carbonyl (C=O) groups excluding carboxylic acids is 1. The summed E-state index contributed by atoms with van der Waals surface area (Å²) < 4.78 is 19.0. The summed E-state index contributed by atoms with van der Waals surface area (Å²) in [6.07, 6.45) is 8.23. The largest absolute Gasteiger partial charge is 0.375 e. The first-order valence-corrected chi connectivity index (χ1v) is 9.15. The standard InChI is InChI=1S/C20H25FN4O2/c1-27-15-20(26)25(12-16-4-2-7-22-10-16)18-5-3-9-24(14-18)13-17-6-8-23-11-19(17)21/h2,4,6-8,10-11,18H,3,5,9,12-15H2,1H3. The number of piperidine rings is 1. The van der Waals surface area contributed by atoms with Crippen LogP contribution < -0.4 is 0 Å². The minimum Gasteiger partial charge on any atom is -0.375 e. The molecule has 27 heavy (non-hydrogen) atoms.